The molecule has 108 valence electrons. The zero-order valence-corrected chi connectivity index (χ0v) is 10.5. The Morgan fingerprint density at radius 2 is 2.00 bits per heavy atom. The number of H-pyrrole nitrogens is 1. The number of rotatable bonds is 2. The average molecular weight is 294 g/mol. The summed E-state index contributed by atoms with van der Waals surface area (Å²) in [6.45, 7) is 0. The number of nitrogens with one attached hydrogen (secondary N) is 1. The van der Waals surface area contributed by atoms with Gasteiger partial charge in [0.1, 0.15) is 23.5 Å². The fraction of sp³-hybridized carbons (Fsp3) is 0.0769. The van der Waals surface area contributed by atoms with Gasteiger partial charge in [0.25, 0.3) is 0 Å². The Morgan fingerprint density at radius 1 is 1.19 bits per heavy atom. The number of hydrogen-bond acceptors (Lipinski definition) is 4. The van der Waals surface area contributed by atoms with E-state index in [0.29, 0.717) is 22.2 Å². The van der Waals surface area contributed by atoms with Crippen LogP contribution in [0.3, 0.4) is 0 Å². The SMILES string of the molecule is Nc1ncnc2[nH]cc(-c3cccc(OC(F)(F)F)c3)c12. The number of anilines is 1. The van der Waals surface area contributed by atoms with Gasteiger partial charge >= 0.3 is 6.36 Å². The van der Waals surface area contributed by atoms with Crippen LogP contribution in [0, 0.1) is 0 Å². The predicted molar refractivity (Wildman–Crippen MR) is 70.4 cm³/mol. The van der Waals surface area contributed by atoms with E-state index in [-0.39, 0.29) is 11.6 Å². The number of nitrogens with two attached hydrogens (primary N) is 1. The molecule has 0 fully saturated rings. The van der Waals surface area contributed by atoms with Crippen LogP contribution in [0.25, 0.3) is 22.2 Å². The molecule has 21 heavy (non-hydrogen) atoms. The highest BCUT2D eigenvalue weighted by Crippen LogP contribution is 2.33. The number of ether oxygens (including phenoxy) is 1. The maximum atomic E-state index is 12.3. The molecule has 3 aromatic rings. The smallest absolute Gasteiger partial charge is 0.406 e. The van der Waals surface area contributed by atoms with E-state index < -0.39 is 6.36 Å². The number of alkyl halides is 3. The van der Waals surface area contributed by atoms with Crippen LogP contribution in [0.2, 0.25) is 0 Å². The molecule has 0 saturated carbocycles. The first kappa shape index (κ1) is 13.2. The molecule has 1 aromatic carbocycles. The fourth-order valence-corrected chi connectivity index (χ4v) is 2.08. The lowest BCUT2D eigenvalue weighted by Gasteiger charge is -2.09. The normalized spacial score (nSPS) is 11.8. The van der Waals surface area contributed by atoms with Crippen molar-refractivity contribution in [3.05, 3.63) is 36.8 Å². The number of hydrogen-bond donors (Lipinski definition) is 2. The van der Waals surface area contributed by atoms with E-state index in [9.17, 15) is 13.2 Å². The first-order valence-corrected chi connectivity index (χ1v) is 5.88. The minimum Gasteiger partial charge on any atom is -0.406 e. The second-order valence-electron chi connectivity index (χ2n) is 4.26. The van der Waals surface area contributed by atoms with Gasteiger partial charge in [-0.2, -0.15) is 0 Å². The van der Waals surface area contributed by atoms with Crippen LogP contribution in [-0.2, 0) is 0 Å². The van der Waals surface area contributed by atoms with E-state index in [0.717, 1.165) is 0 Å². The second kappa shape index (κ2) is 4.65. The zero-order chi connectivity index (χ0) is 15.0. The summed E-state index contributed by atoms with van der Waals surface area (Å²) in [6.07, 6.45) is -1.81. The van der Waals surface area contributed by atoms with Crippen molar-refractivity contribution in [2.24, 2.45) is 0 Å². The molecule has 0 spiro atoms. The van der Waals surface area contributed by atoms with Gasteiger partial charge < -0.3 is 15.5 Å². The van der Waals surface area contributed by atoms with Gasteiger partial charge in [-0.1, -0.05) is 12.1 Å². The Hall–Kier alpha value is -2.77. The van der Waals surface area contributed by atoms with Gasteiger partial charge in [-0.15, -0.1) is 13.2 Å². The summed E-state index contributed by atoms with van der Waals surface area (Å²) >= 11 is 0. The highest BCUT2D eigenvalue weighted by Gasteiger charge is 2.31. The number of nitrogens with zero attached hydrogens (tertiary/aromatic N) is 2. The Morgan fingerprint density at radius 3 is 2.76 bits per heavy atom. The molecular formula is C13H9F3N4O. The lowest BCUT2D eigenvalue weighted by Crippen LogP contribution is -2.17. The van der Waals surface area contributed by atoms with Gasteiger partial charge in [0, 0.05) is 11.8 Å². The van der Waals surface area contributed by atoms with Crippen LogP contribution < -0.4 is 10.5 Å². The first-order chi connectivity index (χ1) is 9.94. The monoisotopic (exact) mass is 294 g/mol. The Balaban J connectivity index is 2.09. The van der Waals surface area contributed by atoms with Crippen molar-refractivity contribution in [2.75, 3.05) is 5.73 Å². The number of fused-ring (bicyclic) bond motifs is 1. The van der Waals surface area contributed by atoms with Gasteiger partial charge in [-0.25, -0.2) is 9.97 Å². The summed E-state index contributed by atoms with van der Waals surface area (Å²) in [5.41, 5.74) is 7.44. The second-order valence-corrected chi connectivity index (χ2v) is 4.26. The van der Waals surface area contributed by atoms with Crippen LogP contribution >= 0.6 is 0 Å². The molecule has 0 bridgehead atoms. The summed E-state index contributed by atoms with van der Waals surface area (Å²) in [4.78, 5) is 10.8. The quantitative estimate of drug-likeness (QED) is 0.761. The lowest BCUT2D eigenvalue weighted by molar-refractivity contribution is -0.274. The Bertz CT molecular complexity index is 797. The largest absolute Gasteiger partial charge is 0.573 e. The van der Waals surface area contributed by atoms with Crippen molar-refractivity contribution in [3.63, 3.8) is 0 Å². The van der Waals surface area contributed by atoms with Crippen molar-refractivity contribution in [1.82, 2.24) is 15.0 Å². The van der Waals surface area contributed by atoms with Gasteiger partial charge in [-0.05, 0) is 17.7 Å². The molecule has 0 aliphatic heterocycles. The molecule has 3 N–H and O–H groups in total. The number of benzene rings is 1. The minimum absolute atomic E-state index is 0.249. The molecule has 5 nitrogen and oxygen atoms in total. The van der Waals surface area contributed by atoms with E-state index in [1.165, 1.54) is 24.5 Å². The molecule has 0 unspecified atom stereocenters. The first-order valence-electron chi connectivity index (χ1n) is 5.88. The molecule has 2 aromatic heterocycles. The summed E-state index contributed by atoms with van der Waals surface area (Å²) in [5.74, 6) is -0.0526. The molecular weight excluding hydrogens is 285 g/mol. The molecule has 0 atom stereocenters. The number of halogens is 3. The Labute approximate surface area is 116 Å². The van der Waals surface area contributed by atoms with Crippen molar-refractivity contribution >= 4 is 16.9 Å². The fourth-order valence-electron chi connectivity index (χ4n) is 2.08. The summed E-state index contributed by atoms with van der Waals surface area (Å²) in [5, 5.41) is 0.557. The van der Waals surface area contributed by atoms with Crippen LogP contribution in [0.1, 0.15) is 0 Å². The van der Waals surface area contributed by atoms with Crippen molar-refractivity contribution in [2.45, 2.75) is 6.36 Å². The van der Waals surface area contributed by atoms with Crippen LogP contribution in [0.4, 0.5) is 19.0 Å². The number of aromatic nitrogens is 3. The highest BCUT2D eigenvalue weighted by atomic mass is 19.4. The third-order valence-corrected chi connectivity index (χ3v) is 2.88. The van der Waals surface area contributed by atoms with Crippen molar-refractivity contribution in [1.29, 1.82) is 0 Å². The maximum absolute atomic E-state index is 12.3. The van der Waals surface area contributed by atoms with Crippen LogP contribution in [0.15, 0.2) is 36.8 Å². The van der Waals surface area contributed by atoms with E-state index in [2.05, 4.69) is 19.7 Å². The molecule has 0 aliphatic carbocycles. The van der Waals surface area contributed by atoms with Gasteiger partial charge in [0.05, 0.1) is 5.39 Å². The van der Waals surface area contributed by atoms with Crippen LogP contribution in [-0.4, -0.2) is 21.3 Å². The highest BCUT2D eigenvalue weighted by molar-refractivity contribution is 6.00. The van der Waals surface area contributed by atoms with E-state index in [1.807, 2.05) is 0 Å². The van der Waals surface area contributed by atoms with E-state index >= 15 is 0 Å². The number of nitrogen functional groups attached to an aromatic ring is 1. The number of aromatic amines is 1. The molecule has 0 saturated heterocycles. The standard InChI is InChI=1S/C13H9F3N4O/c14-13(15,16)21-8-3-1-2-7(4-8)9-5-18-12-10(9)11(17)19-6-20-12/h1-6H,(H3,17,18,19,20). The molecule has 0 aliphatic rings. The summed E-state index contributed by atoms with van der Waals surface area (Å²) in [6, 6.07) is 5.63. The minimum atomic E-state index is -4.74. The molecule has 2 heterocycles. The lowest BCUT2D eigenvalue weighted by atomic mass is 10.1. The van der Waals surface area contributed by atoms with Crippen LogP contribution in [0.5, 0.6) is 5.75 Å². The zero-order valence-electron chi connectivity index (χ0n) is 10.5. The van der Waals surface area contributed by atoms with Gasteiger partial charge in [0.2, 0.25) is 0 Å². The third-order valence-electron chi connectivity index (χ3n) is 2.88. The average Bonchev–Trinajstić information content (AvgIpc) is 2.82. The van der Waals surface area contributed by atoms with Gasteiger partial charge in [0.15, 0.2) is 0 Å². The molecule has 0 radical (unpaired) electrons. The third kappa shape index (κ3) is 2.60. The maximum Gasteiger partial charge on any atom is 0.573 e. The van der Waals surface area contributed by atoms with Crippen molar-refractivity contribution < 1.29 is 17.9 Å². The Kier molecular flexibility index (Phi) is 2.93. The molecule has 3 rings (SSSR count). The van der Waals surface area contributed by atoms with E-state index in [4.69, 9.17) is 5.73 Å². The van der Waals surface area contributed by atoms with E-state index in [1.54, 1.807) is 12.3 Å². The van der Waals surface area contributed by atoms with Crippen molar-refractivity contribution in [3.8, 4) is 16.9 Å². The molecule has 8 heteroatoms. The topological polar surface area (TPSA) is 76.8 Å². The van der Waals surface area contributed by atoms with Gasteiger partial charge in [-0.3, -0.25) is 0 Å². The molecule has 0 amide bonds. The predicted octanol–water partition coefficient (Wildman–Crippen LogP) is 3.11. The summed E-state index contributed by atoms with van der Waals surface area (Å²) in [7, 11) is 0. The summed E-state index contributed by atoms with van der Waals surface area (Å²) < 4.78 is 40.7.